The molecule has 114 valence electrons. The molecule has 0 aliphatic rings. The number of hydrogen-bond donors (Lipinski definition) is 1. The van der Waals surface area contributed by atoms with E-state index in [2.05, 4.69) is 4.90 Å². The number of methoxy groups -OCH3 is 2. The van der Waals surface area contributed by atoms with E-state index in [9.17, 15) is 4.79 Å². The summed E-state index contributed by atoms with van der Waals surface area (Å²) in [5, 5.41) is 0. The average Bonchev–Trinajstić information content (AvgIpc) is 2.36. The Hall–Kier alpha value is -0.690. The predicted molar refractivity (Wildman–Crippen MR) is 74.0 cm³/mol. The Morgan fingerprint density at radius 3 is 2.37 bits per heavy atom. The van der Waals surface area contributed by atoms with Crippen molar-refractivity contribution in [1.82, 2.24) is 4.90 Å². The lowest BCUT2D eigenvalue weighted by Crippen LogP contribution is -2.55. The minimum atomic E-state index is -1.00. The lowest BCUT2D eigenvalue weighted by atomic mass is 10.0. The molecule has 0 aromatic carbocycles. The van der Waals surface area contributed by atoms with Crippen molar-refractivity contribution in [1.29, 1.82) is 0 Å². The summed E-state index contributed by atoms with van der Waals surface area (Å²) in [6.45, 7) is 7.08. The number of carbonyl (C=O) groups excluding carboxylic acids is 1. The zero-order chi connectivity index (χ0) is 14.7. The van der Waals surface area contributed by atoms with Gasteiger partial charge in [0.05, 0.1) is 13.2 Å². The van der Waals surface area contributed by atoms with E-state index in [4.69, 9.17) is 19.9 Å². The largest absolute Gasteiger partial charge is 0.465 e. The van der Waals surface area contributed by atoms with E-state index in [0.29, 0.717) is 26.4 Å². The molecule has 0 bridgehead atoms. The maximum absolute atomic E-state index is 11.8. The molecule has 6 nitrogen and oxygen atoms in total. The summed E-state index contributed by atoms with van der Waals surface area (Å²) in [7, 11) is 3.32. The zero-order valence-corrected chi connectivity index (χ0v) is 12.6. The molecule has 0 rings (SSSR count). The van der Waals surface area contributed by atoms with Crippen LogP contribution in [0.15, 0.2) is 0 Å². The van der Waals surface area contributed by atoms with Crippen molar-refractivity contribution in [2.24, 2.45) is 5.73 Å². The topological polar surface area (TPSA) is 74.0 Å². The monoisotopic (exact) mass is 276 g/mol. The Kier molecular flexibility index (Phi) is 9.77. The highest BCUT2D eigenvalue weighted by Gasteiger charge is 2.32. The Balaban J connectivity index is 4.37. The summed E-state index contributed by atoms with van der Waals surface area (Å²) in [6, 6.07) is 0. The maximum Gasteiger partial charge on any atom is 0.327 e. The van der Waals surface area contributed by atoms with Gasteiger partial charge in [0.1, 0.15) is 5.54 Å². The lowest BCUT2D eigenvalue weighted by Gasteiger charge is -2.30. The maximum atomic E-state index is 11.8. The van der Waals surface area contributed by atoms with Gasteiger partial charge in [-0.05, 0) is 20.3 Å². The molecule has 1 unspecified atom stereocenters. The van der Waals surface area contributed by atoms with Crippen molar-refractivity contribution in [3.05, 3.63) is 0 Å². The van der Waals surface area contributed by atoms with Crippen LogP contribution in [0.2, 0.25) is 0 Å². The highest BCUT2D eigenvalue weighted by atomic mass is 16.5. The number of esters is 1. The summed E-state index contributed by atoms with van der Waals surface area (Å²) in [4.78, 5) is 13.9. The van der Waals surface area contributed by atoms with Crippen molar-refractivity contribution in [2.75, 3.05) is 53.7 Å². The molecule has 2 N–H and O–H groups in total. The minimum Gasteiger partial charge on any atom is -0.465 e. The highest BCUT2D eigenvalue weighted by Crippen LogP contribution is 2.07. The van der Waals surface area contributed by atoms with Gasteiger partial charge in [-0.15, -0.1) is 0 Å². The van der Waals surface area contributed by atoms with E-state index < -0.39 is 5.54 Å². The number of nitrogens with two attached hydrogens (primary N) is 1. The van der Waals surface area contributed by atoms with E-state index in [1.807, 2.05) is 0 Å². The van der Waals surface area contributed by atoms with Crippen LogP contribution in [-0.2, 0) is 19.0 Å². The molecule has 19 heavy (non-hydrogen) atoms. The first-order valence-corrected chi connectivity index (χ1v) is 6.64. The van der Waals surface area contributed by atoms with Crippen molar-refractivity contribution >= 4 is 5.97 Å². The van der Waals surface area contributed by atoms with Crippen molar-refractivity contribution in [3.63, 3.8) is 0 Å². The minimum absolute atomic E-state index is 0.341. The molecule has 0 aromatic heterocycles. The second kappa shape index (κ2) is 10.1. The first-order valence-electron chi connectivity index (χ1n) is 6.64. The number of hydrogen-bond acceptors (Lipinski definition) is 6. The number of carbonyl (C=O) groups is 1. The third-order valence-electron chi connectivity index (χ3n) is 2.73. The van der Waals surface area contributed by atoms with Crippen molar-refractivity contribution < 1.29 is 19.0 Å². The number of rotatable bonds is 11. The Morgan fingerprint density at radius 1 is 1.21 bits per heavy atom. The van der Waals surface area contributed by atoms with Gasteiger partial charge in [0, 0.05) is 40.5 Å². The Bertz CT molecular complexity index is 247. The second-order valence-corrected chi connectivity index (χ2v) is 4.75. The molecule has 0 radical (unpaired) electrons. The summed E-state index contributed by atoms with van der Waals surface area (Å²) < 4.78 is 15.1. The third kappa shape index (κ3) is 8.15. The fourth-order valence-electron chi connectivity index (χ4n) is 1.75. The van der Waals surface area contributed by atoms with Gasteiger partial charge in [-0.25, -0.2) is 0 Å². The van der Waals surface area contributed by atoms with Gasteiger partial charge in [-0.2, -0.15) is 0 Å². The molecule has 0 spiro atoms. The summed E-state index contributed by atoms with van der Waals surface area (Å²) in [5.74, 6) is -0.371. The van der Waals surface area contributed by atoms with Gasteiger partial charge in [-0.3, -0.25) is 9.69 Å². The van der Waals surface area contributed by atoms with Crippen LogP contribution >= 0.6 is 0 Å². The fraction of sp³-hybridized carbons (Fsp3) is 0.923. The van der Waals surface area contributed by atoms with Crippen LogP contribution in [0.4, 0.5) is 0 Å². The summed E-state index contributed by atoms with van der Waals surface area (Å²) >= 11 is 0. The molecule has 0 fully saturated rings. The van der Waals surface area contributed by atoms with Crippen molar-refractivity contribution in [2.45, 2.75) is 25.8 Å². The molecule has 6 heteroatoms. The number of ether oxygens (including phenoxy) is 3. The lowest BCUT2D eigenvalue weighted by molar-refractivity contribution is -0.149. The number of nitrogens with zero attached hydrogens (tertiary/aromatic N) is 1. The molecule has 0 heterocycles. The van der Waals surface area contributed by atoms with E-state index >= 15 is 0 Å². The van der Waals surface area contributed by atoms with E-state index in [0.717, 1.165) is 19.5 Å². The summed E-state index contributed by atoms with van der Waals surface area (Å²) in [5.41, 5.74) is 5.03. The summed E-state index contributed by atoms with van der Waals surface area (Å²) in [6.07, 6.45) is 0.888. The molecule has 0 aliphatic heterocycles. The first kappa shape index (κ1) is 18.3. The average molecular weight is 276 g/mol. The SMILES string of the molecule is CCOC(=O)C(C)(N)CN(CCCOC)CCOC. The van der Waals surface area contributed by atoms with Crippen LogP contribution in [0.5, 0.6) is 0 Å². The van der Waals surface area contributed by atoms with Crippen LogP contribution < -0.4 is 5.73 Å². The van der Waals surface area contributed by atoms with E-state index in [1.54, 1.807) is 28.1 Å². The molecule has 0 saturated carbocycles. The van der Waals surface area contributed by atoms with Gasteiger partial charge in [0.2, 0.25) is 0 Å². The normalized spacial score (nSPS) is 14.4. The Labute approximate surface area is 116 Å². The van der Waals surface area contributed by atoms with Gasteiger partial charge in [0.25, 0.3) is 0 Å². The highest BCUT2D eigenvalue weighted by molar-refractivity contribution is 5.80. The van der Waals surface area contributed by atoms with Crippen LogP contribution in [0, 0.1) is 0 Å². The molecule has 0 amide bonds. The quantitative estimate of drug-likeness (QED) is 0.431. The van der Waals surface area contributed by atoms with Gasteiger partial charge >= 0.3 is 5.97 Å². The molecule has 1 atom stereocenters. The van der Waals surface area contributed by atoms with Crippen LogP contribution in [0.25, 0.3) is 0 Å². The standard InChI is InChI=1S/C13H28N2O4/c1-5-19-12(16)13(2,14)11-15(8-10-18-4)7-6-9-17-3/h5-11,14H2,1-4H3. The van der Waals surface area contributed by atoms with E-state index in [1.165, 1.54) is 0 Å². The van der Waals surface area contributed by atoms with Gasteiger partial charge < -0.3 is 19.9 Å². The zero-order valence-electron chi connectivity index (χ0n) is 12.6. The molecule has 0 saturated heterocycles. The Morgan fingerprint density at radius 2 is 1.84 bits per heavy atom. The molecule has 0 aliphatic carbocycles. The van der Waals surface area contributed by atoms with E-state index in [-0.39, 0.29) is 5.97 Å². The molecule has 0 aromatic rings. The van der Waals surface area contributed by atoms with Gasteiger partial charge in [-0.1, -0.05) is 0 Å². The first-order chi connectivity index (χ1) is 8.97. The molecular weight excluding hydrogens is 248 g/mol. The van der Waals surface area contributed by atoms with Gasteiger partial charge in [0.15, 0.2) is 0 Å². The third-order valence-corrected chi connectivity index (χ3v) is 2.73. The van der Waals surface area contributed by atoms with Crippen LogP contribution in [0.1, 0.15) is 20.3 Å². The van der Waals surface area contributed by atoms with Crippen LogP contribution in [-0.4, -0.2) is 70.1 Å². The fourth-order valence-corrected chi connectivity index (χ4v) is 1.75. The van der Waals surface area contributed by atoms with Crippen molar-refractivity contribution in [3.8, 4) is 0 Å². The molecular formula is C13H28N2O4. The van der Waals surface area contributed by atoms with Crippen LogP contribution in [0.3, 0.4) is 0 Å². The second-order valence-electron chi connectivity index (χ2n) is 4.75. The predicted octanol–water partition coefficient (Wildman–Crippen LogP) is 0.252. The smallest absolute Gasteiger partial charge is 0.327 e.